The quantitative estimate of drug-likeness (QED) is 0.805. The molecule has 1 aliphatic carbocycles. The van der Waals surface area contributed by atoms with Crippen molar-refractivity contribution in [2.45, 2.75) is 25.4 Å². The molecule has 0 unspecified atom stereocenters. The zero-order valence-corrected chi connectivity index (χ0v) is 13.1. The van der Waals surface area contributed by atoms with Crippen molar-refractivity contribution in [3.63, 3.8) is 0 Å². The maximum Gasteiger partial charge on any atom is 0.319 e. The van der Waals surface area contributed by atoms with Crippen LogP contribution in [0.5, 0.6) is 0 Å². The Morgan fingerprint density at radius 1 is 1.23 bits per heavy atom. The first-order valence-electron chi connectivity index (χ1n) is 7.58. The second-order valence-corrected chi connectivity index (χ2v) is 6.64. The van der Waals surface area contributed by atoms with E-state index in [9.17, 15) is 9.90 Å². The highest BCUT2D eigenvalue weighted by atomic mass is 32.1. The zero-order chi connectivity index (χ0) is 15.4. The Hall–Kier alpha value is -1.85. The third-order valence-electron chi connectivity index (χ3n) is 4.03. The van der Waals surface area contributed by atoms with Gasteiger partial charge < -0.3 is 15.7 Å². The molecule has 4 nitrogen and oxygen atoms in total. The first-order chi connectivity index (χ1) is 10.7. The smallest absolute Gasteiger partial charge is 0.319 e. The Morgan fingerprint density at radius 3 is 2.82 bits per heavy atom. The number of aliphatic hydroxyl groups is 1. The molecule has 1 aliphatic rings. The van der Waals surface area contributed by atoms with Gasteiger partial charge in [-0.2, -0.15) is 0 Å². The summed E-state index contributed by atoms with van der Waals surface area (Å²) in [6.07, 6.45) is 2.41. The second-order valence-electron chi connectivity index (χ2n) is 5.69. The van der Waals surface area contributed by atoms with E-state index in [1.807, 2.05) is 41.8 Å². The number of thiophene rings is 1. The molecular weight excluding hydrogens is 296 g/mol. The second kappa shape index (κ2) is 6.94. The summed E-state index contributed by atoms with van der Waals surface area (Å²) in [5.74, 6) is 0.383. The molecule has 2 atom stereocenters. The highest BCUT2D eigenvalue weighted by Gasteiger charge is 2.23. The van der Waals surface area contributed by atoms with Crippen LogP contribution in [-0.2, 0) is 0 Å². The van der Waals surface area contributed by atoms with Crippen LogP contribution in [0.1, 0.15) is 19.3 Å². The van der Waals surface area contributed by atoms with Crippen molar-refractivity contribution in [2.75, 3.05) is 11.9 Å². The minimum atomic E-state index is -0.200. The van der Waals surface area contributed by atoms with Gasteiger partial charge in [-0.25, -0.2) is 4.79 Å². The monoisotopic (exact) mass is 316 g/mol. The van der Waals surface area contributed by atoms with Gasteiger partial charge in [0.25, 0.3) is 0 Å². The summed E-state index contributed by atoms with van der Waals surface area (Å²) in [4.78, 5) is 13.2. The third kappa shape index (κ3) is 3.67. The van der Waals surface area contributed by atoms with E-state index in [2.05, 4.69) is 10.6 Å². The molecule has 1 heterocycles. The van der Waals surface area contributed by atoms with Crippen molar-refractivity contribution in [3.8, 4) is 10.4 Å². The largest absolute Gasteiger partial charge is 0.393 e. The summed E-state index contributed by atoms with van der Waals surface area (Å²) in [5.41, 5.74) is 1.85. The summed E-state index contributed by atoms with van der Waals surface area (Å²) in [7, 11) is 0. The van der Waals surface area contributed by atoms with Crippen molar-refractivity contribution in [2.24, 2.45) is 5.92 Å². The third-order valence-corrected chi connectivity index (χ3v) is 4.93. The Kier molecular flexibility index (Phi) is 4.75. The number of urea groups is 1. The fourth-order valence-electron chi connectivity index (χ4n) is 2.88. The van der Waals surface area contributed by atoms with Gasteiger partial charge in [-0.15, -0.1) is 11.3 Å². The molecule has 1 fully saturated rings. The van der Waals surface area contributed by atoms with Crippen molar-refractivity contribution < 1.29 is 9.90 Å². The first-order valence-corrected chi connectivity index (χ1v) is 8.46. The maximum absolute atomic E-state index is 12.1. The van der Waals surface area contributed by atoms with Crippen LogP contribution in [0, 0.1) is 5.92 Å². The van der Waals surface area contributed by atoms with Gasteiger partial charge in [0.2, 0.25) is 0 Å². The van der Waals surface area contributed by atoms with E-state index < -0.39 is 0 Å². The van der Waals surface area contributed by atoms with Crippen LogP contribution in [0.25, 0.3) is 10.4 Å². The van der Waals surface area contributed by atoms with Crippen molar-refractivity contribution in [1.82, 2.24) is 5.32 Å². The van der Waals surface area contributed by atoms with Crippen LogP contribution < -0.4 is 10.6 Å². The van der Waals surface area contributed by atoms with Crippen LogP contribution in [0.2, 0.25) is 0 Å². The molecule has 3 N–H and O–H groups in total. The molecule has 0 saturated heterocycles. The molecule has 0 bridgehead atoms. The number of para-hydroxylation sites is 1. The molecular formula is C17H20N2O2S. The lowest BCUT2D eigenvalue weighted by Gasteiger charge is -2.13. The predicted octanol–water partition coefficient (Wildman–Crippen LogP) is 3.70. The molecule has 2 aromatic rings. The van der Waals surface area contributed by atoms with Crippen LogP contribution in [0.15, 0.2) is 41.8 Å². The number of aliphatic hydroxyl groups excluding tert-OH is 1. The van der Waals surface area contributed by atoms with Gasteiger partial charge in [0, 0.05) is 17.0 Å². The summed E-state index contributed by atoms with van der Waals surface area (Å²) in [6.45, 7) is 0.615. The normalized spacial score (nSPS) is 20.8. The zero-order valence-electron chi connectivity index (χ0n) is 12.3. The Bertz CT molecular complexity index is 627. The van der Waals surface area contributed by atoms with Crippen molar-refractivity contribution >= 4 is 23.1 Å². The molecule has 0 aliphatic heterocycles. The minimum Gasteiger partial charge on any atom is -0.393 e. The van der Waals surface area contributed by atoms with Gasteiger partial charge in [-0.05, 0) is 42.7 Å². The number of amides is 2. The van der Waals surface area contributed by atoms with Crippen LogP contribution in [0.3, 0.4) is 0 Å². The fourth-order valence-corrected chi connectivity index (χ4v) is 3.64. The van der Waals surface area contributed by atoms with Gasteiger partial charge in [-0.1, -0.05) is 24.3 Å². The number of carbonyl (C=O) groups excluding carboxylic acids is 1. The highest BCUT2D eigenvalue weighted by Crippen LogP contribution is 2.31. The van der Waals surface area contributed by atoms with E-state index >= 15 is 0 Å². The number of rotatable bonds is 4. The molecule has 3 rings (SSSR count). The fraction of sp³-hybridized carbons (Fsp3) is 0.353. The standard InChI is InChI=1S/C17H20N2O2S/c20-13-8-7-12(10-13)11-18-17(21)19-15-5-2-1-4-14(15)16-6-3-9-22-16/h1-6,9,12-13,20H,7-8,10-11H2,(H2,18,19,21)/t12-,13+/m1/s1. The average molecular weight is 316 g/mol. The SMILES string of the molecule is O=C(NC[C@@H]1CC[C@H](O)C1)Nc1ccccc1-c1cccs1. The Labute approximate surface area is 134 Å². The lowest BCUT2D eigenvalue weighted by molar-refractivity contribution is 0.177. The van der Waals surface area contributed by atoms with Crippen molar-refractivity contribution in [1.29, 1.82) is 0 Å². The maximum atomic E-state index is 12.1. The number of nitrogens with one attached hydrogen (secondary N) is 2. The Balaban J connectivity index is 1.60. The Morgan fingerprint density at radius 2 is 2.09 bits per heavy atom. The van der Waals surface area contributed by atoms with E-state index in [0.717, 1.165) is 35.4 Å². The van der Waals surface area contributed by atoms with E-state index in [4.69, 9.17) is 0 Å². The topological polar surface area (TPSA) is 61.4 Å². The van der Waals surface area contributed by atoms with Crippen molar-refractivity contribution in [3.05, 3.63) is 41.8 Å². The molecule has 116 valence electrons. The van der Waals surface area contributed by atoms with E-state index in [1.165, 1.54) is 0 Å². The number of anilines is 1. The molecule has 5 heteroatoms. The van der Waals surface area contributed by atoms with Gasteiger partial charge in [0.1, 0.15) is 0 Å². The molecule has 1 saturated carbocycles. The molecule has 1 aromatic heterocycles. The molecule has 0 spiro atoms. The lowest BCUT2D eigenvalue weighted by atomic mass is 10.1. The molecule has 2 amide bonds. The molecule has 22 heavy (non-hydrogen) atoms. The van der Waals surface area contributed by atoms with Gasteiger partial charge in [0.05, 0.1) is 11.8 Å². The van der Waals surface area contributed by atoms with Crippen LogP contribution >= 0.6 is 11.3 Å². The lowest BCUT2D eigenvalue weighted by Crippen LogP contribution is -2.32. The molecule has 1 aromatic carbocycles. The molecule has 0 radical (unpaired) electrons. The number of benzene rings is 1. The number of hydrogen-bond donors (Lipinski definition) is 3. The number of hydrogen-bond acceptors (Lipinski definition) is 3. The van der Waals surface area contributed by atoms with Gasteiger partial charge in [-0.3, -0.25) is 0 Å². The highest BCUT2D eigenvalue weighted by molar-refractivity contribution is 7.13. The number of carbonyl (C=O) groups is 1. The predicted molar refractivity (Wildman–Crippen MR) is 90.1 cm³/mol. The van der Waals surface area contributed by atoms with Crippen LogP contribution in [0.4, 0.5) is 10.5 Å². The summed E-state index contributed by atoms with van der Waals surface area (Å²) in [6, 6.07) is 11.7. The van der Waals surface area contributed by atoms with E-state index in [1.54, 1.807) is 11.3 Å². The van der Waals surface area contributed by atoms with Gasteiger partial charge >= 0.3 is 6.03 Å². The van der Waals surface area contributed by atoms with Gasteiger partial charge in [0.15, 0.2) is 0 Å². The average Bonchev–Trinajstić information content (AvgIpc) is 3.17. The summed E-state index contributed by atoms with van der Waals surface area (Å²) in [5, 5.41) is 17.4. The summed E-state index contributed by atoms with van der Waals surface area (Å²) >= 11 is 1.65. The first kappa shape index (κ1) is 15.1. The van der Waals surface area contributed by atoms with E-state index in [-0.39, 0.29) is 12.1 Å². The minimum absolute atomic E-state index is 0.189. The summed E-state index contributed by atoms with van der Waals surface area (Å²) < 4.78 is 0. The van der Waals surface area contributed by atoms with E-state index in [0.29, 0.717) is 12.5 Å². The van der Waals surface area contributed by atoms with Crippen LogP contribution in [-0.4, -0.2) is 23.8 Å².